The summed E-state index contributed by atoms with van der Waals surface area (Å²) in [5, 5.41) is 6.06. The predicted molar refractivity (Wildman–Crippen MR) is 124 cm³/mol. The Morgan fingerprint density at radius 2 is 1.91 bits per heavy atom. The summed E-state index contributed by atoms with van der Waals surface area (Å²) < 4.78 is 55.6. The van der Waals surface area contributed by atoms with Gasteiger partial charge in [-0.1, -0.05) is 0 Å². The molecule has 0 unspecified atom stereocenters. The van der Waals surface area contributed by atoms with Crippen molar-refractivity contribution in [2.24, 2.45) is 0 Å². The van der Waals surface area contributed by atoms with Crippen LogP contribution in [-0.2, 0) is 6.18 Å². The van der Waals surface area contributed by atoms with Crippen molar-refractivity contribution < 1.29 is 17.6 Å². The molecular weight excluding hydrogens is 448 g/mol. The average Bonchev–Trinajstić information content (AvgIpc) is 3.19. The molecule has 2 N–H and O–H groups in total. The Morgan fingerprint density at radius 1 is 1.12 bits per heavy atom. The molecule has 1 aromatic heterocycles. The van der Waals surface area contributed by atoms with Gasteiger partial charge in [0.15, 0.2) is 11.6 Å². The van der Waals surface area contributed by atoms with Crippen LogP contribution in [0.3, 0.4) is 0 Å². The molecule has 5 rings (SSSR count). The molecular formula is C24H30F4N6. The summed E-state index contributed by atoms with van der Waals surface area (Å²) in [6, 6.07) is 4.62. The van der Waals surface area contributed by atoms with E-state index in [1.807, 2.05) is 0 Å². The van der Waals surface area contributed by atoms with E-state index in [4.69, 9.17) is 0 Å². The highest BCUT2D eigenvalue weighted by Gasteiger charge is 2.43. The summed E-state index contributed by atoms with van der Waals surface area (Å²) in [5.74, 6) is -0.467. The van der Waals surface area contributed by atoms with E-state index in [0.717, 1.165) is 44.5 Å². The molecule has 0 aliphatic carbocycles. The molecule has 0 radical (unpaired) electrons. The van der Waals surface area contributed by atoms with Gasteiger partial charge in [0.25, 0.3) is 0 Å². The van der Waals surface area contributed by atoms with Gasteiger partial charge in [0.05, 0.1) is 11.8 Å². The zero-order chi connectivity index (χ0) is 24.1. The number of nitrogens with one attached hydrogen (secondary N) is 2. The second-order valence-corrected chi connectivity index (χ2v) is 10.2. The lowest BCUT2D eigenvalue weighted by Gasteiger charge is -2.47. The molecule has 0 bridgehead atoms. The minimum Gasteiger partial charge on any atom is -0.371 e. The minimum absolute atomic E-state index is 0.00781. The van der Waals surface area contributed by atoms with Gasteiger partial charge in [0.1, 0.15) is 0 Å². The van der Waals surface area contributed by atoms with E-state index < -0.39 is 17.6 Å². The molecule has 10 heteroatoms. The molecule has 34 heavy (non-hydrogen) atoms. The van der Waals surface area contributed by atoms with Gasteiger partial charge in [-0.05, 0) is 70.7 Å². The number of aromatic nitrogens is 2. The maximum atomic E-state index is 14.6. The number of anilines is 4. The molecule has 6 nitrogen and oxygen atoms in total. The van der Waals surface area contributed by atoms with E-state index in [2.05, 4.69) is 39.3 Å². The third-order valence-corrected chi connectivity index (χ3v) is 7.30. The van der Waals surface area contributed by atoms with Crippen molar-refractivity contribution in [3.8, 4) is 0 Å². The largest absolute Gasteiger partial charge is 0.418 e. The quantitative estimate of drug-likeness (QED) is 0.561. The van der Waals surface area contributed by atoms with Crippen LogP contribution < -0.4 is 15.5 Å². The second-order valence-electron chi connectivity index (χ2n) is 10.2. The summed E-state index contributed by atoms with van der Waals surface area (Å²) in [4.78, 5) is 12.5. The van der Waals surface area contributed by atoms with Crippen LogP contribution in [0.25, 0.3) is 0 Å². The molecule has 184 valence electrons. The standard InChI is InChI=1S/C24H30F4N6/c1-23(2)13-16(11-17-5-3-10-34(17)23)30-21-19(25)14-29-22(32-21)31-15-6-7-20(33-8-4-9-33)18(12-15)24(26,27)28/h6-7,12,14,16-17H,3-5,8-11,13H2,1-2H3,(H2,29,30,31,32)/t16-,17+/m1/s1. The van der Waals surface area contributed by atoms with Crippen molar-refractivity contribution in [2.75, 3.05) is 35.2 Å². The van der Waals surface area contributed by atoms with Gasteiger partial charge in [-0.25, -0.2) is 9.37 Å². The number of rotatable bonds is 5. The van der Waals surface area contributed by atoms with Gasteiger partial charge in [-0.2, -0.15) is 18.2 Å². The third-order valence-electron chi connectivity index (χ3n) is 7.30. The monoisotopic (exact) mass is 478 g/mol. The summed E-state index contributed by atoms with van der Waals surface area (Å²) in [7, 11) is 0. The fourth-order valence-corrected chi connectivity index (χ4v) is 5.64. The summed E-state index contributed by atoms with van der Waals surface area (Å²) in [5.41, 5.74) is -0.321. The van der Waals surface area contributed by atoms with Crippen LogP contribution >= 0.6 is 0 Å². The lowest BCUT2D eigenvalue weighted by atomic mass is 9.84. The maximum absolute atomic E-state index is 14.6. The van der Waals surface area contributed by atoms with Crippen molar-refractivity contribution in [1.29, 1.82) is 0 Å². The molecule has 0 amide bonds. The van der Waals surface area contributed by atoms with Crippen LogP contribution in [0.5, 0.6) is 0 Å². The van der Waals surface area contributed by atoms with Gasteiger partial charge in [0, 0.05) is 42.1 Å². The van der Waals surface area contributed by atoms with Gasteiger partial charge in [-0.15, -0.1) is 0 Å². The van der Waals surface area contributed by atoms with Crippen LogP contribution in [0.4, 0.5) is 40.7 Å². The zero-order valence-corrected chi connectivity index (χ0v) is 19.4. The van der Waals surface area contributed by atoms with Gasteiger partial charge >= 0.3 is 6.18 Å². The fraction of sp³-hybridized carbons (Fsp3) is 0.583. The fourth-order valence-electron chi connectivity index (χ4n) is 5.64. The molecule has 3 aliphatic rings. The lowest BCUT2D eigenvalue weighted by Crippen LogP contribution is -2.55. The highest BCUT2D eigenvalue weighted by Crippen LogP contribution is 2.41. The van der Waals surface area contributed by atoms with E-state index in [0.29, 0.717) is 19.1 Å². The minimum atomic E-state index is -4.49. The Bertz CT molecular complexity index is 1050. The summed E-state index contributed by atoms with van der Waals surface area (Å²) in [6.45, 7) is 6.75. The number of nitrogens with zero attached hydrogens (tertiary/aromatic N) is 4. The third kappa shape index (κ3) is 4.52. The number of hydrogen-bond donors (Lipinski definition) is 2. The summed E-state index contributed by atoms with van der Waals surface area (Å²) >= 11 is 0. The van der Waals surface area contributed by atoms with E-state index in [1.54, 1.807) is 11.0 Å². The van der Waals surface area contributed by atoms with E-state index in [-0.39, 0.29) is 34.7 Å². The Morgan fingerprint density at radius 3 is 2.62 bits per heavy atom. The summed E-state index contributed by atoms with van der Waals surface area (Å²) in [6.07, 6.45) is 1.51. The molecule has 1 aromatic carbocycles. The topological polar surface area (TPSA) is 56.3 Å². The molecule has 3 fully saturated rings. The number of piperidine rings is 1. The number of fused-ring (bicyclic) bond motifs is 1. The Labute approximate surface area is 196 Å². The first-order valence-electron chi connectivity index (χ1n) is 11.9. The van der Waals surface area contributed by atoms with Gasteiger partial charge in [0.2, 0.25) is 5.95 Å². The van der Waals surface area contributed by atoms with Gasteiger partial charge in [-0.3, -0.25) is 4.90 Å². The van der Waals surface area contributed by atoms with Crippen LogP contribution in [0, 0.1) is 5.82 Å². The highest BCUT2D eigenvalue weighted by atomic mass is 19.4. The Balaban J connectivity index is 1.34. The van der Waals surface area contributed by atoms with Crippen molar-refractivity contribution >= 4 is 23.1 Å². The van der Waals surface area contributed by atoms with Crippen LogP contribution in [0.15, 0.2) is 24.4 Å². The van der Waals surface area contributed by atoms with Crippen molar-refractivity contribution in [3.05, 3.63) is 35.8 Å². The highest BCUT2D eigenvalue weighted by molar-refractivity contribution is 5.65. The lowest BCUT2D eigenvalue weighted by molar-refractivity contribution is -0.137. The van der Waals surface area contributed by atoms with Crippen molar-refractivity contribution in [3.63, 3.8) is 0 Å². The molecule has 3 aliphatic heterocycles. The smallest absolute Gasteiger partial charge is 0.371 e. The first-order valence-corrected chi connectivity index (χ1v) is 11.9. The Hall–Kier alpha value is -2.62. The normalized spacial score (nSPS) is 24.5. The molecule has 0 saturated carbocycles. The molecule has 3 saturated heterocycles. The Kier molecular flexibility index (Phi) is 5.82. The van der Waals surface area contributed by atoms with Crippen LogP contribution in [0.2, 0.25) is 0 Å². The van der Waals surface area contributed by atoms with Crippen molar-refractivity contribution in [2.45, 2.75) is 69.8 Å². The van der Waals surface area contributed by atoms with Gasteiger partial charge < -0.3 is 15.5 Å². The SMILES string of the molecule is CC1(C)C[C@H](Nc2nc(Nc3ccc(N4CCC4)c(C(F)(F)F)c3)ncc2F)C[C@@H]2CCCN21. The first-order chi connectivity index (χ1) is 16.1. The van der Waals surface area contributed by atoms with E-state index >= 15 is 0 Å². The molecule has 2 aromatic rings. The number of hydrogen-bond acceptors (Lipinski definition) is 6. The average molecular weight is 479 g/mol. The number of benzene rings is 1. The molecule has 2 atom stereocenters. The zero-order valence-electron chi connectivity index (χ0n) is 19.4. The van der Waals surface area contributed by atoms with Crippen LogP contribution in [0.1, 0.15) is 51.5 Å². The number of alkyl halides is 3. The van der Waals surface area contributed by atoms with E-state index in [1.165, 1.54) is 12.5 Å². The second kappa shape index (κ2) is 8.55. The van der Waals surface area contributed by atoms with Crippen molar-refractivity contribution in [1.82, 2.24) is 14.9 Å². The molecule has 4 heterocycles. The van der Waals surface area contributed by atoms with E-state index in [9.17, 15) is 17.6 Å². The first kappa shape index (κ1) is 23.1. The van der Waals surface area contributed by atoms with Crippen LogP contribution in [-0.4, -0.2) is 52.1 Å². The molecule has 0 spiro atoms. The predicted octanol–water partition coefficient (Wildman–Crippen LogP) is 5.41. The maximum Gasteiger partial charge on any atom is 0.418 e. The number of halogens is 4.